The van der Waals surface area contributed by atoms with Gasteiger partial charge in [0, 0.05) is 25.7 Å². The van der Waals surface area contributed by atoms with Crippen molar-refractivity contribution in [1.82, 2.24) is 9.62 Å². The number of hydrogen-bond donors (Lipinski definition) is 1. The number of nitriles is 1. The summed E-state index contributed by atoms with van der Waals surface area (Å²) in [5, 5.41) is 12.2. The van der Waals surface area contributed by atoms with E-state index in [1.165, 1.54) is 4.31 Å². The molecule has 0 aliphatic heterocycles. The van der Waals surface area contributed by atoms with E-state index >= 15 is 0 Å². The third-order valence-electron chi connectivity index (χ3n) is 4.42. The van der Waals surface area contributed by atoms with Gasteiger partial charge in [0.1, 0.15) is 0 Å². The van der Waals surface area contributed by atoms with Gasteiger partial charge in [-0.1, -0.05) is 38.1 Å². The van der Waals surface area contributed by atoms with Gasteiger partial charge in [-0.3, -0.25) is 0 Å². The molecule has 0 aliphatic carbocycles. The van der Waals surface area contributed by atoms with Gasteiger partial charge in [-0.15, -0.1) is 0 Å². The Hall–Kier alpha value is -2.20. The van der Waals surface area contributed by atoms with E-state index in [0.29, 0.717) is 30.1 Å². The van der Waals surface area contributed by atoms with Crippen LogP contribution in [0.25, 0.3) is 0 Å². The lowest BCUT2D eigenvalue weighted by atomic mass is 10.1. The van der Waals surface area contributed by atoms with Crippen LogP contribution in [0.3, 0.4) is 0 Å². The minimum Gasteiger partial charge on any atom is -0.306 e. The molecule has 6 heteroatoms. The first-order valence-electron chi connectivity index (χ1n) is 8.74. The Kier molecular flexibility index (Phi) is 6.92. The third-order valence-corrected chi connectivity index (χ3v) is 6.48. The summed E-state index contributed by atoms with van der Waals surface area (Å²) < 4.78 is 26.5. The summed E-state index contributed by atoms with van der Waals surface area (Å²) in [6, 6.07) is 16.7. The van der Waals surface area contributed by atoms with Crippen molar-refractivity contribution < 1.29 is 8.42 Å². The summed E-state index contributed by atoms with van der Waals surface area (Å²) in [6.45, 7) is 7.31. The predicted molar refractivity (Wildman–Crippen MR) is 103 cm³/mol. The fourth-order valence-corrected chi connectivity index (χ4v) is 4.18. The molecule has 0 radical (unpaired) electrons. The van der Waals surface area contributed by atoms with E-state index in [4.69, 9.17) is 5.26 Å². The standard InChI is InChI=1S/C20H25N3O2S/c1-4-23(5-2)26(24,25)20-12-10-19(11-13-20)16(3)22-15-18-8-6-17(14-21)7-9-18/h6-13,16,22H,4-5,15H2,1-3H3. The summed E-state index contributed by atoms with van der Waals surface area (Å²) in [5.74, 6) is 0. The maximum atomic E-state index is 12.5. The minimum absolute atomic E-state index is 0.0795. The molecule has 1 atom stereocenters. The Morgan fingerprint density at radius 3 is 2.12 bits per heavy atom. The summed E-state index contributed by atoms with van der Waals surface area (Å²) in [4.78, 5) is 0.323. The fraction of sp³-hybridized carbons (Fsp3) is 0.350. The molecular weight excluding hydrogens is 346 g/mol. The van der Waals surface area contributed by atoms with Crippen LogP contribution >= 0.6 is 0 Å². The Morgan fingerprint density at radius 1 is 1.04 bits per heavy atom. The Bertz CT molecular complexity index is 849. The normalized spacial score (nSPS) is 12.7. The van der Waals surface area contributed by atoms with Crippen LogP contribution in [0.15, 0.2) is 53.4 Å². The van der Waals surface area contributed by atoms with Crippen LogP contribution < -0.4 is 5.32 Å². The predicted octanol–water partition coefficient (Wildman–Crippen LogP) is 3.44. The molecular formula is C20H25N3O2S. The van der Waals surface area contributed by atoms with Crippen molar-refractivity contribution in [3.63, 3.8) is 0 Å². The molecule has 0 amide bonds. The van der Waals surface area contributed by atoms with Gasteiger partial charge in [-0.25, -0.2) is 8.42 Å². The second-order valence-electron chi connectivity index (χ2n) is 6.07. The zero-order chi connectivity index (χ0) is 19.2. The van der Waals surface area contributed by atoms with Gasteiger partial charge in [0.2, 0.25) is 10.0 Å². The molecule has 5 nitrogen and oxygen atoms in total. The lowest BCUT2D eigenvalue weighted by molar-refractivity contribution is 0.445. The monoisotopic (exact) mass is 371 g/mol. The molecule has 0 heterocycles. The molecule has 2 rings (SSSR count). The number of nitrogens with zero attached hydrogens (tertiary/aromatic N) is 2. The Morgan fingerprint density at radius 2 is 1.62 bits per heavy atom. The van der Waals surface area contributed by atoms with Crippen molar-refractivity contribution in [2.24, 2.45) is 0 Å². The van der Waals surface area contributed by atoms with Gasteiger partial charge in [0.15, 0.2) is 0 Å². The molecule has 2 aromatic carbocycles. The first-order valence-corrected chi connectivity index (χ1v) is 10.2. The largest absolute Gasteiger partial charge is 0.306 e. The number of hydrogen-bond acceptors (Lipinski definition) is 4. The zero-order valence-electron chi connectivity index (χ0n) is 15.4. The third kappa shape index (κ3) is 4.70. The van der Waals surface area contributed by atoms with E-state index in [1.54, 1.807) is 24.3 Å². The van der Waals surface area contributed by atoms with E-state index in [1.807, 2.05) is 45.0 Å². The average molecular weight is 372 g/mol. The topological polar surface area (TPSA) is 73.2 Å². The minimum atomic E-state index is -3.42. The lowest BCUT2D eigenvalue weighted by Crippen LogP contribution is -2.30. The highest BCUT2D eigenvalue weighted by molar-refractivity contribution is 7.89. The molecule has 0 aromatic heterocycles. The number of benzene rings is 2. The molecule has 1 N–H and O–H groups in total. The van der Waals surface area contributed by atoms with Crippen LogP contribution in [0.1, 0.15) is 43.5 Å². The van der Waals surface area contributed by atoms with Crippen LogP contribution in [0, 0.1) is 11.3 Å². The van der Waals surface area contributed by atoms with Gasteiger partial charge in [0.25, 0.3) is 0 Å². The highest BCUT2D eigenvalue weighted by Crippen LogP contribution is 2.19. The van der Waals surface area contributed by atoms with Gasteiger partial charge in [0.05, 0.1) is 16.5 Å². The van der Waals surface area contributed by atoms with Crippen LogP contribution in [0.4, 0.5) is 0 Å². The summed E-state index contributed by atoms with van der Waals surface area (Å²) in [7, 11) is -3.42. The lowest BCUT2D eigenvalue weighted by Gasteiger charge is -2.19. The van der Waals surface area contributed by atoms with Crippen molar-refractivity contribution in [2.75, 3.05) is 13.1 Å². The molecule has 26 heavy (non-hydrogen) atoms. The smallest absolute Gasteiger partial charge is 0.243 e. The fourth-order valence-electron chi connectivity index (χ4n) is 2.73. The molecule has 0 saturated carbocycles. The summed E-state index contributed by atoms with van der Waals surface area (Å²) in [6.07, 6.45) is 0. The second-order valence-corrected chi connectivity index (χ2v) is 8.01. The SMILES string of the molecule is CCN(CC)S(=O)(=O)c1ccc(C(C)NCc2ccc(C#N)cc2)cc1. The summed E-state index contributed by atoms with van der Waals surface area (Å²) in [5.41, 5.74) is 2.76. The van der Waals surface area contributed by atoms with Gasteiger partial charge in [-0.05, 0) is 42.3 Å². The molecule has 2 aromatic rings. The number of rotatable bonds is 8. The van der Waals surface area contributed by atoms with E-state index in [0.717, 1.165) is 11.1 Å². The highest BCUT2D eigenvalue weighted by Gasteiger charge is 2.21. The first-order chi connectivity index (χ1) is 12.4. The highest BCUT2D eigenvalue weighted by atomic mass is 32.2. The Labute approximate surface area is 156 Å². The molecule has 0 fully saturated rings. The molecule has 138 valence electrons. The molecule has 0 spiro atoms. The molecule has 0 bridgehead atoms. The van der Waals surface area contributed by atoms with Crippen LogP contribution in [-0.2, 0) is 16.6 Å². The average Bonchev–Trinajstić information content (AvgIpc) is 2.67. The van der Waals surface area contributed by atoms with Crippen molar-refractivity contribution in [3.8, 4) is 6.07 Å². The van der Waals surface area contributed by atoms with Crippen molar-refractivity contribution in [3.05, 3.63) is 65.2 Å². The van der Waals surface area contributed by atoms with Crippen LogP contribution in [0.5, 0.6) is 0 Å². The van der Waals surface area contributed by atoms with Crippen molar-refractivity contribution >= 4 is 10.0 Å². The molecule has 1 unspecified atom stereocenters. The maximum absolute atomic E-state index is 12.5. The molecule has 0 aliphatic rings. The van der Waals surface area contributed by atoms with E-state index in [9.17, 15) is 8.42 Å². The van der Waals surface area contributed by atoms with Gasteiger partial charge >= 0.3 is 0 Å². The first kappa shape index (κ1) is 20.1. The Balaban J connectivity index is 2.04. The van der Waals surface area contributed by atoms with Crippen molar-refractivity contribution in [2.45, 2.75) is 38.3 Å². The van der Waals surface area contributed by atoms with E-state index in [-0.39, 0.29) is 6.04 Å². The quantitative estimate of drug-likeness (QED) is 0.771. The number of nitrogens with one attached hydrogen (secondary N) is 1. The van der Waals surface area contributed by atoms with Crippen LogP contribution in [0.2, 0.25) is 0 Å². The van der Waals surface area contributed by atoms with E-state index in [2.05, 4.69) is 11.4 Å². The van der Waals surface area contributed by atoms with Crippen LogP contribution in [-0.4, -0.2) is 25.8 Å². The molecule has 0 saturated heterocycles. The summed E-state index contributed by atoms with van der Waals surface area (Å²) >= 11 is 0. The second kappa shape index (κ2) is 8.95. The number of sulfonamides is 1. The van der Waals surface area contributed by atoms with E-state index < -0.39 is 10.0 Å². The van der Waals surface area contributed by atoms with Gasteiger partial charge < -0.3 is 5.32 Å². The van der Waals surface area contributed by atoms with Gasteiger partial charge in [-0.2, -0.15) is 9.57 Å². The van der Waals surface area contributed by atoms with Crippen molar-refractivity contribution in [1.29, 1.82) is 5.26 Å². The zero-order valence-corrected chi connectivity index (χ0v) is 16.3. The maximum Gasteiger partial charge on any atom is 0.243 e.